The van der Waals surface area contributed by atoms with E-state index in [0.29, 0.717) is 12.0 Å². The Kier molecular flexibility index (Phi) is 44.7. The number of hydrogen-bond donors (Lipinski definition) is 24. The van der Waals surface area contributed by atoms with Gasteiger partial charge in [0.25, 0.3) is 0 Å². The highest BCUT2D eigenvalue weighted by Gasteiger charge is 2.38. The van der Waals surface area contributed by atoms with Gasteiger partial charge in [-0.2, -0.15) is 0 Å². The van der Waals surface area contributed by atoms with Crippen LogP contribution in [0.2, 0.25) is 0 Å². The molecule has 1 aromatic heterocycles. The molecule has 0 fully saturated rings. The van der Waals surface area contributed by atoms with E-state index in [4.69, 9.17) is 74.5 Å². The van der Waals surface area contributed by atoms with Crippen LogP contribution in [0.15, 0.2) is 56.5 Å². The maximum absolute atomic E-state index is 15.3. The second-order valence-electron chi connectivity index (χ2n) is 29.0. The number of fused-ring (bicyclic) bond motifs is 2. The Morgan fingerprint density at radius 2 is 0.887 bits per heavy atom. The highest BCUT2D eigenvalue weighted by Crippen LogP contribution is 2.16. The first-order valence-corrected chi connectivity index (χ1v) is 38.7. The van der Waals surface area contributed by atoms with Gasteiger partial charge in [0.15, 0.2) is 23.8 Å². The van der Waals surface area contributed by atoms with Crippen LogP contribution in [0.3, 0.4) is 0 Å². The van der Waals surface area contributed by atoms with Gasteiger partial charge in [0.1, 0.15) is 66.5 Å². The van der Waals surface area contributed by atoms with Crippen LogP contribution in [0.5, 0.6) is 0 Å². The van der Waals surface area contributed by atoms with Crippen molar-refractivity contribution in [3.8, 4) is 0 Å². The fourth-order valence-corrected chi connectivity index (χ4v) is 12.1. The summed E-state index contributed by atoms with van der Waals surface area (Å²) in [6, 6.07) is -9.09. The molecule has 37 N–H and O–H groups in total. The zero-order valence-corrected chi connectivity index (χ0v) is 66.3. The van der Waals surface area contributed by atoms with Gasteiger partial charge in [0, 0.05) is 51.8 Å². The Hall–Kier alpha value is -11.6. The number of aliphatic imine (C=N–C) groups is 4. The molecule has 12 atom stereocenters. The fraction of sp³-hybridized carbons (Fsp3) is 0.648. The number of unbranched alkanes of at least 4 members (excludes halogenated alkanes) is 1. The van der Waals surface area contributed by atoms with E-state index < -0.39 is 156 Å². The van der Waals surface area contributed by atoms with Gasteiger partial charge in [0.2, 0.25) is 76.8 Å². The monoisotopic (exact) mass is 1620 g/mol. The number of carbonyl (C=O) groups excluding carboxylic acids is 13. The van der Waals surface area contributed by atoms with E-state index >= 15 is 19.2 Å². The molecular weight excluding hydrogens is 1490 g/mol. The zero-order valence-electron chi connectivity index (χ0n) is 66.3. The van der Waals surface area contributed by atoms with Crippen LogP contribution >= 0.6 is 0 Å². The molecule has 2 aromatic rings. The highest BCUT2D eigenvalue weighted by atomic mass is 16.2. The third kappa shape index (κ3) is 39.6. The van der Waals surface area contributed by atoms with Gasteiger partial charge in [-0.05, 0) is 146 Å². The molecule has 2 bridgehead atoms. The van der Waals surface area contributed by atoms with Crippen molar-refractivity contribution in [3.63, 3.8) is 0 Å². The second kappa shape index (κ2) is 52.7. The van der Waals surface area contributed by atoms with Crippen LogP contribution in [0, 0.1) is 11.8 Å². The van der Waals surface area contributed by atoms with Crippen molar-refractivity contribution in [3.05, 3.63) is 47.8 Å². The molecule has 115 heavy (non-hydrogen) atoms. The molecule has 0 radical (unpaired) electrons. The van der Waals surface area contributed by atoms with Gasteiger partial charge in [-0.15, -0.1) is 5.10 Å². The van der Waals surface area contributed by atoms with Gasteiger partial charge in [0.05, 0.1) is 18.2 Å². The summed E-state index contributed by atoms with van der Waals surface area (Å²) < 4.78 is 1.45. The summed E-state index contributed by atoms with van der Waals surface area (Å²) in [7, 11) is 0. The van der Waals surface area contributed by atoms with Crippen LogP contribution in [-0.4, -0.2) is 227 Å². The molecule has 44 heteroatoms. The predicted molar refractivity (Wildman–Crippen MR) is 430 cm³/mol. The standard InChI is InChI=1S/C71H125N31O13/c1-39(2)33-51-64(112)93-47(22-13-28-85-68(77)78)59(107)90-45(19-8-10-26-72)58(106)92-49(24-15-30-87-70(81)82)62(110)97-52(34-40(3)4)65(113)94-48(23-14-29-86-69(79)80)60(108)91-46(20-9-11-32-102-38-42(100-101-102)36-43(74)57(105)96-51)61(109)98-53(35-41-17-6-5-7-18-41)66(114)95-50(25-16-31-88-71(83)84)63(111)99-54(37-55(75)103)67(115)89-44(56(76)104)21-12-27-73/h5-7,17-18,38-40,43-54H,8-16,19-37,72-74H2,1-4H3,(H2,75,103)(H2,76,104)(H,89,115)(H,90,107)(H,91,108)(H,92,106)(H,93,112)(H,94,113)(H,95,114)(H,96,105)(H,97,110)(H,98,109)(H,99,111)(H4,77,78,85)(H4,79,80,86)(H4,81,82,87)(H4,83,84,88)/t43?,44-,45-,46?,47?,48?,49?,50-,51?,52-,53-,54-/m0/s1. The van der Waals surface area contributed by atoms with Crippen LogP contribution in [0.1, 0.15) is 161 Å². The Labute approximate surface area is 668 Å². The van der Waals surface area contributed by atoms with Crippen molar-refractivity contribution in [2.45, 2.75) is 242 Å². The number of primary amides is 2. The molecule has 0 saturated heterocycles. The number of aryl methyl sites for hydroxylation is 1. The van der Waals surface area contributed by atoms with E-state index in [1.54, 1.807) is 44.2 Å². The normalized spacial score (nSPS) is 20.2. The summed E-state index contributed by atoms with van der Waals surface area (Å²) in [5.74, 6) is -13.5. The number of nitrogens with two attached hydrogens (primary N) is 13. The van der Waals surface area contributed by atoms with E-state index in [2.05, 4.69) is 88.8 Å². The summed E-state index contributed by atoms with van der Waals surface area (Å²) in [5, 5.41) is 38.0. The molecule has 6 unspecified atom stereocenters. The molecule has 0 saturated carbocycles. The summed E-state index contributed by atoms with van der Waals surface area (Å²) in [4.78, 5) is 203. The smallest absolute Gasteiger partial charge is 0.243 e. The fourth-order valence-electron chi connectivity index (χ4n) is 12.1. The Balaban J connectivity index is 2.33. The summed E-state index contributed by atoms with van der Waals surface area (Å²) in [6.07, 6.45) is 1.07. The van der Waals surface area contributed by atoms with Crippen molar-refractivity contribution >= 4 is 101 Å². The maximum atomic E-state index is 15.3. The Morgan fingerprint density at radius 1 is 0.478 bits per heavy atom. The van der Waals surface area contributed by atoms with E-state index in [1.807, 2.05) is 13.8 Å². The van der Waals surface area contributed by atoms with E-state index in [9.17, 15) is 43.2 Å². The SMILES string of the molecule is CC(C)CC1NC(=O)C(N)Cc2cn(nn2)CCCCC(C(=O)N[C@@H](Cc2ccccc2)C(=O)N[C@@H](CCCN=C(N)N)C(=O)N[C@@H](CC(N)=O)C(=O)N[C@@H](CCCN)C(N)=O)NC(=O)C(CCCN=C(N)N)NC(=O)[C@H](CC(C)C)NC(=O)C(CCCN=C(N)N)NC(=O)[C@H](CCCCN)NC(=O)C(CCCN=C(N)N)NC1=O. The van der Waals surface area contributed by atoms with Crippen LogP contribution in [0.25, 0.3) is 0 Å². The van der Waals surface area contributed by atoms with Crippen molar-refractivity contribution in [1.82, 2.24) is 73.5 Å². The van der Waals surface area contributed by atoms with E-state index in [0.717, 1.165) is 0 Å². The van der Waals surface area contributed by atoms with Gasteiger partial charge in [-0.1, -0.05) is 63.2 Å². The number of carbonyl (C=O) groups is 13. The predicted octanol–water partition coefficient (Wildman–Crippen LogP) is -8.56. The first-order chi connectivity index (χ1) is 54.5. The zero-order chi connectivity index (χ0) is 85.7. The van der Waals surface area contributed by atoms with Crippen LogP contribution in [0.4, 0.5) is 0 Å². The van der Waals surface area contributed by atoms with E-state index in [-0.39, 0.29) is 209 Å². The third-order valence-electron chi connectivity index (χ3n) is 18.0. The Bertz CT molecular complexity index is 3600. The molecule has 642 valence electrons. The quantitative estimate of drug-likeness (QED) is 0.0167. The molecule has 2 heterocycles. The number of guanidine groups is 4. The topological polar surface area (TPSA) is 773 Å². The highest BCUT2D eigenvalue weighted by molar-refractivity contribution is 6.00. The maximum Gasteiger partial charge on any atom is 0.243 e. The molecule has 3 rings (SSSR count). The molecule has 1 aliphatic heterocycles. The van der Waals surface area contributed by atoms with Crippen LogP contribution in [-0.2, 0) is 81.7 Å². The first-order valence-electron chi connectivity index (χ1n) is 38.7. The summed E-state index contributed by atoms with van der Waals surface area (Å²) >= 11 is 0. The molecule has 1 aliphatic rings. The molecule has 1 aromatic carbocycles. The summed E-state index contributed by atoms with van der Waals surface area (Å²) in [5.41, 5.74) is 75.0. The van der Waals surface area contributed by atoms with Crippen LogP contribution < -0.4 is 133 Å². The number of aromatic nitrogens is 3. The van der Waals surface area contributed by atoms with Gasteiger partial charge in [-0.25, -0.2) is 0 Å². The largest absolute Gasteiger partial charge is 0.370 e. The average molecular weight is 1620 g/mol. The van der Waals surface area contributed by atoms with Gasteiger partial charge in [-0.3, -0.25) is 87.0 Å². The van der Waals surface area contributed by atoms with Gasteiger partial charge < -0.3 is 133 Å². The van der Waals surface area contributed by atoms with Crippen molar-refractivity contribution in [2.75, 3.05) is 39.3 Å². The molecule has 0 aliphatic carbocycles. The average Bonchev–Trinajstić information content (AvgIpc) is 1.33. The number of amides is 13. The number of hydrogen-bond acceptors (Lipinski definition) is 22. The number of rotatable bonds is 40. The number of nitrogens with one attached hydrogen (secondary N) is 11. The van der Waals surface area contributed by atoms with E-state index in [1.165, 1.54) is 10.9 Å². The second-order valence-corrected chi connectivity index (χ2v) is 29.0. The summed E-state index contributed by atoms with van der Waals surface area (Å²) in [6.45, 7) is 7.49. The minimum Gasteiger partial charge on any atom is -0.370 e. The third-order valence-corrected chi connectivity index (χ3v) is 18.0. The van der Waals surface area contributed by atoms with Crippen molar-refractivity contribution in [1.29, 1.82) is 0 Å². The molecule has 13 amide bonds. The molecule has 0 spiro atoms. The molecular formula is C71H125N31O13. The minimum atomic E-state index is -1.72. The lowest BCUT2D eigenvalue weighted by molar-refractivity contribution is -0.136. The molecule has 44 nitrogen and oxygen atoms in total. The Morgan fingerprint density at radius 3 is 1.35 bits per heavy atom. The lowest BCUT2D eigenvalue weighted by Gasteiger charge is -2.29. The van der Waals surface area contributed by atoms with Gasteiger partial charge >= 0.3 is 0 Å². The minimum absolute atomic E-state index is 0.0103. The number of nitrogens with zero attached hydrogens (tertiary/aromatic N) is 7. The lowest BCUT2D eigenvalue weighted by Crippen LogP contribution is -2.61. The lowest BCUT2D eigenvalue weighted by atomic mass is 10.00. The first kappa shape index (κ1) is 97.6. The van der Waals surface area contributed by atoms with Crippen molar-refractivity contribution < 1.29 is 62.3 Å². The number of benzene rings is 1. The van der Waals surface area contributed by atoms with Crippen molar-refractivity contribution in [2.24, 2.45) is 106 Å².